The molecular formula is C15H16N2O2. The van der Waals surface area contributed by atoms with Gasteiger partial charge < -0.3 is 16.2 Å². The minimum absolute atomic E-state index is 0.125. The van der Waals surface area contributed by atoms with Gasteiger partial charge in [0, 0.05) is 18.3 Å². The van der Waals surface area contributed by atoms with Crippen LogP contribution in [0.3, 0.4) is 0 Å². The second-order valence-corrected chi connectivity index (χ2v) is 4.25. The highest BCUT2D eigenvalue weighted by molar-refractivity contribution is 5.92. The maximum atomic E-state index is 11.9. The van der Waals surface area contributed by atoms with E-state index in [2.05, 4.69) is 5.32 Å². The van der Waals surface area contributed by atoms with E-state index in [1.165, 1.54) is 6.07 Å². The normalized spacial score (nSPS) is 10.2. The lowest BCUT2D eigenvalue weighted by atomic mass is 10.0. The van der Waals surface area contributed by atoms with Crippen molar-refractivity contribution in [1.82, 2.24) is 0 Å². The van der Waals surface area contributed by atoms with Gasteiger partial charge in [0.2, 0.25) is 5.91 Å². The number of nitrogens with two attached hydrogens (primary N) is 1. The molecule has 2 aromatic rings. The van der Waals surface area contributed by atoms with Crippen LogP contribution >= 0.6 is 0 Å². The lowest BCUT2D eigenvalue weighted by molar-refractivity contribution is -0.115. The average molecular weight is 256 g/mol. The molecular weight excluding hydrogens is 240 g/mol. The van der Waals surface area contributed by atoms with Crippen molar-refractivity contribution >= 4 is 11.6 Å². The fraction of sp³-hybridized carbons (Fsp3) is 0.133. The number of amides is 1. The number of carbonyl (C=O) groups excluding carboxylic acids is 1. The van der Waals surface area contributed by atoms with Crippen LogP contribution in [0.1, 0.15) is 11.1 Å². The molecule has 0 aliphatic carbocycles. The molecule has 0 aliphatic heterocycles. The summed E-state index contributed by atoms with van der Waals surface area (Å²) in [5.74, 6) is -0.00772. The Morgan fingerprint density at radius 3 is 2.53 bits per heavy atom. The van der Waals surface area contributed by atoms with Crippen LogP contribution in [0.25, 0.3) is 0 Å². The van der Waals surface area contributed by atoms with Crippen LogP contribution in [-0.2, 0) is 17.8 Å². The van der Waals surface area contributed by atoms with E-state index < -0.39 is 0 Å². The number of anilines is 1. The van der Waals surface area contributed by atoms with Crippen molar-refractivity contribution in [2.24, 2.45) is 5.73 Å². The maximum Gasteiger partial charge on any atom is 0.228 e. The SMILES string of the molecule is NCc1ccccc1CC(=O)Nc1cccc(O)c1. The summed E-state index contributed by atoms with van der Waals surface area (Å²) in [6.45, 7) is 0.412. The molecule has 0 fully saturated rings. The number of hydrogen-bond donors (Lipinski definition) is 3. The Balaban J connectivity index is 2.05. The highest BCUT2D eigenvalue weighted by Crippen LogP contribution is 2.16. The highest BCUT2D eigenvalue weighted by atomic mass is 16.3. The number of aromatic hydroxyl groups is 1. The standard InChI is InChI=1S/C15H16N2O2/c16-10-12-5-2-1-4-11(12)8-15(19)17-13-6-3-7-14(18)9-13/h1-7,9,18H,8,10,16H2,(H,17,19). The van der Waals surface area contributed by atoms with Crippen LogP contribution in [0.5, 0.6) is 5.75 Å². The van der Waals surface area contributed by atoms with Crippen molar-refractivity contribution in [3.8, 4) is 5.75 Å². The lowest BCUT2D eigenvalue weighted by Crippen LogP contribution is -2.16. The summed E-state index contributed by atoms with van der Waals surface area (Å²) < 4.78 is 0. The van der Waals surface area contributed by atoms with Crippen molar-refractivity contribution in [3.63, 3.8) is 0 Å². The molecule has 1 amide bonds. The maximum absolute atomic E-state index is 11.9. The molecule has 4 nitrogen and oxygen atoms in total. The summed E-state index contributed by atoms with van der Waals surface area (Å²) in [6, 6.07) is 14.1. The molecule has 0 radical (unpaired) electrons. The molecule has 0 bridgehead atoms. The van der Waals surface area contributed by atoms with Gasteiger partial charge in [0.25, 0.3) is 0 Å². The Labute approximate surface area is 111 Å². The summed E-state index contributed by atoms with van der Waals surface area (Å²) >= 11 is 0. The zero-order valence-electron chi connectivity index (χ0n) is 10.5. The summed E-state index contributed by atoms with van der Waals surface area (Å²) in [4.78, 5) is 11.9. The topological polar surface area (TPSA) is 75.4 Å². The smallest absolute Gasteiger partial charge is 0.228 e. The van der Waals surface area contributed by atoms with Crippen LogP contribution in [0, 0.1) is 0 Å². The van der Waals surface area contributed by atoms with Gasteiger partial charge in [0.15, 0.2) is 0 Å². The molecule has 2 rings (SSSR count). The Morgan fingerprint density at radius 1 is 1.11 bits per heavy atom. The molecule has 0 heterocycles. The summed E-state index contributed by atoms with van der Waals surface area (Å²) in [7, 11) is 0. The van der Waals surface area contributed by atoms with Crippen molar-refractivity contribution in [2.45, 2.75) is 13.0 Å². The van der Waals surface area contributed by atoms with Gasteiger partial charge in [-0.1, -0.05) is 30.3 Å². The monoisotopic (exact) mass is 256 g/mol. The Bertz CT molecular complexity index is 582. The molecule has 4 N–H and O–H groups in total. The summed E-state index contributed by atoms with van der Waals surface area (Å²) in [5, 5.41) is 12.1. The first-order valence-electron chi connectivity index (χ1n) is 6.05. The van der Waals surface area contributed by atoms with Gasteiger partial charge in [-0.05, 0) is 23.3 Å². The van der Waals surface area contributed by atoms with Gasteiger partial charge in [-0.2, -0.15) is 0 Å². The fourth-order valence-electron chi connectivity index (χ4n) is 1.89. The molecule has 0 aromatic heterocycles. The summed E-state index contributed by atoms with van der Waals surface area (Å²) in [5.41, 5.74) is 8.10. The van der Waals surface area contributed by atoms with E-state index >= 15 is 0 Å². The fourth-order valence-corrected chi connectivity index (χ4v) is 1.89. The predicted molar refractivity (Wildman–Crippen MR) is 74.8 cm³/mol. The molecule has 0 spiro atoms. The third kappa shape index (κ3) is 3.56. The molecule has 2 aromatic carbocycles. The first kappa shape index (κ1) is 13.1. The second-order valence-electron chi connectivity index (χ2n) is 4.25. The van der Waals surface area contributed by atoms with Gasteiger partial charge in [-0.15, -0.1) is 0 Å². The third-order valence-electron chi connectivity index (χ3n) is 2.82. The van der Waals surface area contributed by atoms with Crippen LogP contribution in [0.15, 0.2) is 48.5 Å². The Hall–Kier alpha value is -2.33. The number of nitrogens with one attached hydrogen (secondary N) is 1. The summed E-state index contributed by atoms with van der Waals surface area (Å²) in [6.07, 6.45) is 0.267. The minimum Gasteiger partial charge on any atom is -0.508 e. The predicted octanol–water partition coefficient (Wildman–Crippen LogP) is 2.03. The highest BCUT2D eigenvalue weighted by Gasteiger charge is 2.07. The van der Waals surface area contributed by atoms with Gasteiger partial charge in [-0.3, -0.25) is 4.79 Å². The van der Waals surface area contributed by atoms with Crippen LogP contribution in [0.4, 0.5) is 5.69 Å². The number of carbonyl (C=O) groups is 1. The lowest BCUT2D eigenvalue weighted by Gasteiger charge is -2.08. The van der Waals surface area contributed by atoms with E-state index in [9.17, 15) is 9.90 Å². The molecule has 0 saturated heterocycles. The quantitative estimate of drug-likeness (QED) is 0.783. The molecule has 19 heavy (non-hydrogen) atoms. The van der Waals surface area contributed by atoms with Gasteiger partial charge >= 0.3 is 0 Å². The van der Waals surface area contributed by atoms with E-state index in [4.69, 9.17) is 5.73 Å². The number of benzene rings is 2. The van der Waals surface area contributed by atoms with Gasteiger partial charge in [0.05, 0.1) is 6.42 Å². The van der Waals surface area contributed by atoms with Crippen molar-refractivity contribution in [2.75, 3.05) is 5.32 Å². The van der Waals surface area contributed by atoms with Crippen LogP contribution in [-0.4, -0.2) is 11.0 Å². The molecule has 0 unspecified atom stereocenters. The number of phenols is 1. The Kier molecular flexibility index (Phi) is 4.15. The van der Waals surface area contributed by atoms with Crippen LogP contribution < -0.4 is 11.1 Å². The number of phenolic OH excluding ortho intramolecular Hbond substituents is 1. The van der Waals surface area contributed by atoms with Gasteiger partial charge in [0.1, 0.15) is 5.75 Å². The first-order chi connectivity index (χ1) is 9.19. The molecule has 0 saturated carbocycles. The van der Waals surface area contributed by atoms with Crippen molar-refractivity contribution in [1.29, 1.82) is 0 Å². The average Bonchev–Trinajstić information content (AvgIpc) is 2.39. The minimum atomic E-state index is -0.133. The van der Waals surface area contributed by atoms with E-state index in [0.717, 1.165) is 11.1 Å². The zero-order chi connectivity index (χ0) is 13.7. The van der Waals surface area contributed by atoms with Crippen molar-refractivity contribution in [3.05, 3.63) is 59.7 Å². The molecule has 4 heteroatoms. The first-order valence-corrected chi connectivity index (χ1v) is 6.05. The second kappa shape index (κ2) is 6.02. The molecule has 0 aliphatic rings. The molecule has 98 valence electrons. The number of rotatable bonds is 4. The van der Waals surface area contributed by atoms with E-state index in [1.54, 1.807) is 18.2 Å². The Morgan fingerprint density at radius 2 is 1.84 bits per heavy atom. The number of hydrogen-bond acceptors (Lipinski definition) is 3. The zero-order valence-corrected chi connectivity index (χ0v) is 10.5. The molecule has 0 atom stereocenters. The van der Waals surface area contributed by atoms with Crippen LogP contribution in [0.2, 0.25) is 0 Å². The van der Waals surface area contributed by atoms with Gasteiger partial charge in [-0.25, -0.2) is 0 Å². The largest absolute Gasteiger partial charge is 0.508 e. The van der Waals surface area contributed by atoms with E-state index in [0.29, 0.717) is 12.2 Å². The third-order valence-corrected chi connectivity index (χ3v) is 2.82. The van der Waals surface area contributed by atoms with Crippen molar-refractivity contribution < 1.29 is 9.90 Å². The van der Waals surface area contributed by atoms with E-state index in [-0.39, 0.29) is 18.1 Å². The van der Waals surface area contributed by atoms with E-state index in [1.807, 2.05) is 24.3 Å².